The van der Waals surface area contributed by atoms with Crippen molar-refractivity contribution in [2.75, 3.05) is 18.0 Å². The molecule has 1 aromatic carbocycles. The molecule has 5 rings (SSSR count). The van der Waals surface area contributed by atoms with Gasteiger partial charge in [-0.15, -0.1) is 26.2 Å². The first-order valence-corrected chi connectivity index (χ1v) is 8.84. The monoisotopic (exact) mass is 337 g/mol. The van der Waals surface area contributed by atoms with Crippen LogP contribution >= 0.6 is 11.3 Å². The molecule has 0 aliphatic carbocycles. The molecule has 120 valence electrons. The van der Waals surface area contributed by atoms with E-state index in [-0.39, 0.29) is 0 Å². The van der Waals surface area contributed by atoms with E-state index in [2.05, 4.69) is 43.7 Å². The molecule has 0 amide bonds. The van der Waals surface area contributed by atoms with Gasteiger partial charge in [0.2, 0.25) is 0 Å². The number of anilines is 1. The van der Waals surface area contributed by atoms with Crippen molar-refractivity contribution < 1.29 is 0 Å². The van der Waals surface area contributed by atoms with Crippen molar-refractivity contribution >= 4 is 33.0 Å². The van der Waals surface area contributed by atoms with Crippen LogP contribution in [0.25, 0.3) is 15.9 Å². The average Bonchev–Trinajstić information content (AvgIpc) is 3.27. The lowest BCUT2D eigenvalue weighted by atomic mass is 9.99. The zero-order valence-electron chi connectivity index (χ0n) is 12.9. The number of rotatable bonds is 2. The highest BCUT2D eigenvalue weighted by Crippen LogP contribution is 2.34. The lowest BCUT2D eigenvalue weighted by Gasteiger charge is -2.32. The molecule has 1 atom stereocenters. The Hall–Kier alpha value is -2.61. The van der Waals surface area contributed by atoms with Crippen molar-refractivity contribution in [2.45, 2.75) is 18.8 Å². The highest BCUT2D eigenvalue weighted by Gasteiger charge is 2.25. The maximum absolute atomic E-state index is 4.84. The van der Waals surface area contributed by atoms with Crippen LogP contribution in [-0.2, 0) is 0 Å². The fourth-order valence-corrected chi connectivity index (χ4v) is 4.35. The molecular weight excluding hydrogens is 322 g/mol. The Morgan fingerprint density at radius 2 is 2.08 bits per heavy atom. The normalized spacial score (nSPS) is 18.5. The number of benzene rings is 1. The molecule has 24 heavy (non-hydrogen) atoms. The van der Waals surface area contributed by atoms with E-state index in [1.54, 1.807) is 0 Å². The van der Waals surface area contributed by atoms with Gasteiger partial charge >= 0.3 is 0 Å². The molecule has 7 nitrogen and oxygen atoms in total. The van der Waals surface area contributed by atoms with Gasteiger partial charge in [0, 0.05) is 19.0 Å². The Morgan fingerprint density at radius 1 is 1.12 bits per heavy atom. The van der Waals surface area contributed by atoms with Gasteiger partial charge < -0.3 is 4.90 Å². The largest absolute Gasteiger partial charge is 0.354 e. The SMILES string of the molecule is c1ccc2sc(C3CCCN(c4ccc5nnnn5n4)C3)nc2c1. The molecule has 4 aromatic rings. The van der Waals surface area contributed by atoms with Crippen LogP contribution in [0.1, 0.15) is 23.8 Å². The van der Waals surface area contributed by atoms with Gasteiger partial charge in [-0.05, 0) is 47.5 Å². The summed E-state index contributed by atoms with van der Waals surface area (Å²) in [7, 11) is 0. The molecule has 1 saturated heterocycles. The summed E-state index contributed by atoms with van der Waals surface area (Å²) in [5.74, 6) is 1.36. The van der Waals surface area contributed by atoms with Gasteiger partial charge in [0.05, 0.1) is 15.2 Å². The van der Waals surface area contributed by atoms with E-state index in [4.69, 9.17) is 4.98 Å². The zero-order chi connectivity index (χ0) is 15.9. The van der Waals surface area contributed by atoms with Crippen molar-refractivity contribution in [2.24, 2.45) is 0 Å². The molecular formula is C16H15N7S. The second-order valence-corrected chi connectivity index (χ2v) is 7.09. The minimum atomic E-state index is 0.447. The second-order valence-electron chi connectivity index (χ2n) is 6.02. The summed E-state index contributed by atoms with van der Waals surface area (Å²) in [6.07, 6.45) is 2.30. The van der Waals surface area contributed by atoms with Crippen molar-refractivity contribution in [3.63, 3.8) is 0 Å². The number of aromatic nitrogens is 6. The summed E-state index contributed by atoms with van der Waals surface area (Å²) in [5, 5.41) is 17.2. The van der Waals surface area contributed by atoms with Crippen LogP contribution in [0.2, 0.25) is 0 Å². The van der Waals surface area contributed by atoms with Crippen LogP contribution in [-0.4, -0.2) is 43.3 Å². The number of para-hydroxylation sites is 1. The number of thiazole rings is 1. The molecule has 1 aliphatic rings. The summed E-state index contributed by atoms with van der Waals surface area (Å²) in [4.78, 5) is 7.15. The summed E-state index contributed by atoms with van der Waals surface area (Å²) in [6, 6.07) is 12.2. The van der Waals surface area contributed by atoms with Crippen LogP contribution in [0.5, 0.6) is 0 Å². The lowest BCUT2D eigenvalue weighted by molar-refractivity contribution is 0.503. The fraction of sp³-hybridized carbons (Fsp3) is 0.312. The molecule has 0 N–H and O–H groups in total. The van der Waals surface area contributed by atoms with E-state index in [9.17, 15) is 0 Å². The zero-order valence-corrected chi connectivity index (χ0v) is 13.7. The Bertz CT molecular complexity index is 967. The number of piperidine rings is 1. The van der Waals surface area contributed by atoms with Gasteiger partial charge in [-0.1, -0.05) is 12.1 Å². The minimum Gasteiger partial charge on any atom is -0.354 e. The third-order valence-corrected chi connectivity index (χ3v) is 5.66. The van der Waals surface area contributed by atoms with E-state index >= 15 is 0 Å². The van der Waals surface area contributed by atoms with E-state index in [0.29, 0.717) is 11.6 Å². The van der Waals surface area contributed by atoms with Gasteiger partial charge in [-0.2, -0.15) is 0 Å². The Labute approximate surface area is 141 Å². The van der Waals surface area contributed by atoms with Crippen LogP contribution < -0.4 is 4.90 Å². The maximum atomic E-state index is 4.84. The predicted octanol–water partition coefficient (Wildman–Crippen LogP) is 2.51. The second kappa shape index (κ2) is 5.48. The summed E-state index contributed by atoms with van der Waals surface area (Å²) >= 11 is 1.81. The van der Waals surface area contributed by atoms with E-state index in [1.807, 2.05) is 29.5 Å². The van der Waals surface area contributed by atoms with Crippen molar-refractivity contribution in [3.8, 4) is 0 Å². The first-order chi connectivity index (χ1) is 11.9. The smallest absolute Gasteiger partial charge is 0.200 e. The maximum Gasteiger partial charge on any atom is 0.200 e. The van der Waals surface area contributed by atoms with Gasteiger partial charge in [-0.25, -0.2) is 4.98 Å². The third-order valence-electron chi connectivity index (χ3n) is 4.46. The lowest BCUT2D eigenvalue weighted by Crippen LogP contribution is -2.35. The molecule has 0 radical (unpaired) electrons. The van der Waals surface area contributed by atoms with Crippen LogP contribution in [0.15, 0.2) is 36.4 Å². The molecule has 4 heterocycles. The average molecular weight is 337 g/mol. The van der Waals surface area contributed by atoms with Crippen molar-refractivity contribution in [3.05, 3.63) is 41.4 Å². The van der Waals surface area contributed by atoms with Crippen LogP contribution in [0, 0.1) is 0 Å². The molecule has 0 spiro atoms. The standard InChI is InChI=1S/C16H15N7S/c1-2-6-13-12(5-1)17-16(24-13)11-4-3-9-22(10-11)15-8-7-14-18-20-21-23(14)19-15/h1-2,5-8,11H,3-4,9-10H2. The van der Waals surface area contributed by atoms with Gasteiger partial charge in [-0.3, -0.25) is 0 Å². The van der Waals surface area contributed by atoms with Gasteiger partial charge in [0.15, 0.2) is 11.5 Å². The predicted molar refractivity (Wildman–Crippen MR) is 92.4 cm³/mol. The summed E-state index contributed by atoms with van der Waals surface area (Å²) < 4.78 is 2.74. The topological polar surface area (TPSA) is 72.1 Å². The molecule has 1 aliphatic heterocycles. The number of hydrogen-bond acceptors (Lipinski definition) is 7. The fourth-order valence-electron chi connectivity index (χ4n) is 3.26. The summed E-state index contributed by atoms with van der Waals surface area (Å²) in [6.45, 7) is 1.93. The van der Waals surface area contributed by atoms with E-state index in [1.165, 1.54) is 20.8 Å². The summed E-state index contributed by atoms with van der Waals surface area (Å²) in [5.41, 5.74) is 1.77. The molecule has 8 heteroatoms. The van der Waals surface area contributed by atoms with Crippen molar-refractivity contribution in [1.29, 1.82) is 0 Å². The van der Waals surface area contributed by atoms with Gasteiger partial charge in [0.25, 0.3) is 0 Å². The molecule has 1 unspecified atom stereocenters. The Morgan fingerprint density at radius 3 is 3.04 bits per heavy atom. The Balaban J connectivity index is 1.44. The first kappa shape index (κ1) is 13.8. The minimum absolute atomic E-state index is 0.447. The highest BCUT2D eigenvalue weighted by atomic mass is 32.1. The first-order valence-electron chi connectivity index (χ1n) is 8.03. The van der Waals surface area contributed by atoms with E-state index in [0.717, 1.165) is 30.8 Å². The molecule has 1 fully saturated rings. The Kier molecular flexibility index (Phi) is 3.15. The third kappa shape index (κ3) is 2.30. The number of fused-ring (bicyclic) bond motifs is 2. The van der Waals surface area contributed by atoms with Crippen LogP contribution in [0.4, 0.5) is 5.82 Å². The quantitative estimate of drug-likeness (QED) is 0.560. The van der Waals surface area contributed by atoms with Gasteiger partial charge in [0.1, 0.15) is 0 Å². The number of hydrogen-bond donors (Lipinski definition) is 0. The van der Waals surface area contributed by atoms with Crippen molar-refractivity contribution in [1.82, 2.24) is 30.2 Å². The molecule has 0 saturated carbocycles. The highest BCUT2D eigenvalue weighted by molar-refractivity contribution is 7.18. The molecule has 0 bridgehead atoms. The molecule has 3 aromatic heterocycles. The number of nitrogens with zero attached hydrogens (tertiary/aromatic N) is 7. The van der Waals surface area contributed by atoms with E-state index < -0.39 is 0 Å². The number of tetrazole rings is 1. The van der Waals surface area contributed by atoms with Crippen LogP contribution in [0.3, 0.4) is 0 Å².